The van der Waals surface area contributed by atoms with Gasteiger partial charge in [-0.2, -0.15) is 0 Å². The van der Waals surface area contributed by atoms with Crippen molar-refractivity contribution in [1.29, 1.82) is 0 Å². The lowest BCUT2D eigenvalue weighted by Gasteiger charge is -2.23. The Morgan fingerprint density at radius 3 is 2.78 bits per heavy atom. The molecule has 1 aromatic carbocycles. The molecule has 4 nitrogen and oxygen atoms in total. The average Bonchev–Trinajstić information content (AvgIpc) is 2.28. The van der Waals surface area contributed by atoms with Crippen LogP contribution >= 0.6 is 0 Å². The molecule has 2 amide bonds. The summed E-state index contributed by atoms with van der Waals surface area (Å²) in [6.07, 6.45) is 0.560. The van der Waals surface area contributed by atoms with E-state index in [1.807, 2.05) is 0 Å². The van der Waals surface area contributed by atoms with Crippen LogP contribution in [0.15, 0.2) is 24.3 Å². The highest BCUT2D eigenvalue weighted by Gasteiger charge is 2.18. The molecule has 3 N–H and O–H groups in total. The van der Waals surface area contributed by atoms with E-state index in [1.165, 1.54) is 12.1 Å². The minimum Gasteiger partial charge on any atom is -0.394 e. The minimum atomic E-state index is -0.650. The number of rotatable bonds is 5. The molecule has 0 radical (unpaired) electrons. The van der Waals surface area contributed by atoms with Gasteiger partial charge in [0, 0.05) is 6.54 Å². The van der Waals surface area contributed by atoms with Gasteiger partial charge in [0.05, 0.1) is 12.1 Å². The maximum absolute atomic E-state index is 12.9. The van der Waals surface area contributed by atoms with Crippen LogP contribution in [-0.2, 0) is 6.42 Å². The van der Waals surface area contributed by atoms with Crippen LogP contribution in [0, 0.1) is 5.82 Å². The highest BCUT2D eigenvalue weighted by atomic mass is 19.1. The van der Waals surface area contributed by atoms with Gasteiger partial charge in [0.1, 0.15) is 5.82 Å². The van der Waals surface area contributed by atoms with Gasteiger partial charge >= 0.3 is 6.03 Å². The molecule has 0 aliphatic heterocycles. The lowest BCUT2D eigenvalue weighted by Crippen LogP contribution is -2.50. The summed E-state index contributed by atoms with van der Waals surface area (Å²) in [6.45, 7) is 3.72. The van der Waals surface area contributed by atoms with Gasteiger partial charge < -0.3 is 15.7 Å². The largest absolute Gasteiger partial charge is 0.394 e. The van der Waals surface area contributed by atoms with Gasteiger partial charge in [-0.05, 0) is 38.0 Å². The average molecular weight is 254 g/mol. The van der Waals surface area contributed by atoms with Crippen molar-refractivity contribution in [3.05, 3.63) is 35.6 Å². The third-order valence-electron chi connectivity index (χ3n) is 2.44. The first-order valence-corrected chi connectivity index (χ1v) is 5.84. The van der Waals surface area contributed by atoms with Gasteiger partial charge in [0.2, 0.25) is 0 Å². The molecule has 1 rings (SSSR count). The maximum Gasteiger partial charge on any atom is 0.315 e. The first kappa shape index (κ1) is 14.4. The Labute approximate surface area is 106 Å². The molecule has 0 fully saturated rings. The SMILES string of the molecule is CC(C)(CO)NC(=O)NCCc1cccc(F)c1. The van der Waals surface area contributed by atoms with Gasteiger partial charge in [0.15, 0.2) is 0 Å². The molecule has 0 aliphatic carbocycles. The van der Waals surface area contributed by atoms with Crippen LogP contribution in [0.1, 0.15) is 19.4 Å². The predicted molar refractivity (Wildman–Crippen MR) is 67.8 cm³/mol. The summed E-state index contributed by atoms with van der Waals surface area (Å²) in [6, 6.07) is 5.93. The molecule has 100 valence electrons. The Hall–Kier alpha value is -1.62. The fourth-order valence-electron chi connectivity index (χ4n) is 1.40. The van der Waals surface area contributed by atoms with Gasteiger partial charge in [0.25, 0.3) is 0 Å². The first-order chi connectivity index (χ1) is 8.43. The van der Waals surface area contributed by atoms with Crippen LogP contribution in [0.2, 0.25) is 0 Å². The summed E-state index contributed by atoms with van der Waals surface area (Å²) in [5.41, 5.74) is 0.180. The predicted octanol–water partition coefficient (Wildman–Crippen LogP) is 1.44. The van der Waals surface area contributed by atoms with Crippen LogP contribution in [0.3, 0.4) is 0 Å². The van der Waals surface area contributed by atoms with Crippen LogP contribution in [0.5, 0.6) is 0 Å². The van der Waals surface area contributed by atoms with Crippen molar-refractivity contribution >= 4 is 6.03 Å². The Bertz CT molecular complexity index is 408. The Balaban J connectivity index is 2.32. The van der Waals surface area contributed by atoms with Crippen LogP contribution in [0.25, 0.3) is 0 Å². The number of carbonyl (C=O) groups excluding carboxylic acids is 1. The molecule has 0 saturated heterocycles. The van der Waals surface area contributed by atoms with Crippen LogP contribution < -0.4 is 10.6 Å². The number of amides is 2. The zero-order valence-corrected chi connectivity index (χ0v) is 10.7. The maximum atomic E-state index is 12.9. The van der Waals surface area contributed by atoms with Crippen molar-refractivity contribution in [2.75, 3.05) is 13.2 Å². The molecule has 18 heavy (non-hydrogen) atoms. The Morgan fingerprint density at radius 2 is 2.17 bits per heavy atom. The summed E-state index contributed by atoms with van der Waals surface area (Å²) >= 11 is 0. The highest BCUT2D eigenvalue weighted by Crippen LogP contribution is 2.03. The lowest BCUT2D eigenvalue weighted by molar-refractivity contribution is 0.182. The van der Waals surface area contributed by atoms with E-state index in [0.29, 0.717) is 13.0 Å². The minimum absolute atomic E-state index is 0.135. The number of aliphatic hydroxyl groups is 1. The molecule has 0 heterocycles. The molecule has 0 atom stereocenters. The molecule has 1 aromatic rings. The fourth-order valence-corrected chi connectivity index (χ4v) is 1.40. The van der Waals surface area contributed by atoms with Crippen molar-refractivity contribution < 1.29 is 14.3 Å². The molecule has 0 aliphatic rings. The second-order valence-corrected chi connectivity index (χ2v) is 4.80. The number of halogens is 1. The number of nitrogens with one attached hydrogen (secondary N) is 2. The van der Waals surface area contributed by atoms with E-state index in [9.17, 15) is 9.18 Å². The van der Waals surface area contributed by atoms with Crippen molar-refractivity contribution in [2.45, 2.75) is 25.8 Å². The summed E-state index contributed by atoms with van der Waals surface area (Å²) in [4.78, 5) is 11.5. The Morgan fingerprint density at radius 1 is 1.44 bits per heavy atom. The summed E-state index contributed by atoms with van der Waals surface area (Å²) in [5, 5.41) is 14.3. The summed E-state index contributed by atoms with van der Waals surface area (Å²) < 4.78 is 12.9. The summed E-state index contributed by atoms with van der Waals surface area (Å²) in [5.74, 6) is -0.279. The fraction of sp³-hybridized carbons (Fsp3) is 0.462. The van der Waals surface area contributed by atoms with Crippen LogP contribution in [0.4, 0.5) is 9.18 Å². The number of aliphatic hydroxyl groups excluding tert-OH is 1. The van der Waals surface area contributed by atoms with Gasteiger partial charge in [-0.3, -0.25) is 0 Å². The zero-order valence-electron chi connectivity index (χ0n) is 10.7. The van der Waals surface area contributed by atoms with Gasteiger partial charge in [-0.25, -0.2) is 9.18 Å². The van der Waals surface area contributed by atoms with E-state index >= 15 is 0 Å². The summed E-state index contributed by atoms with van der Waals surface area (Å²) in [7, 11) is 0. The molecular weight excluding hydrogens is 235 g/mol. The van der Waals surface area contributed by atoms with E-state index in [-0.39, 0.29) is 18.5 Å². The molecule has 0 unspecified atom stereocenters. The molecular formula is C13H19FN2O2. The quantitative estimate of drug-likeness (QED) is 0.744. The van der Waals surface area contributed by atoms with E-state index in [2.05, 4.69) is 10.6 Å². The lowest BCUT2D eigenvalue weighted by atomic mass is 10.1. The number of benzene rings is 1. The second kappa shape index (κ2) is 6.35. The number of hydrogen-bond donors (Lipinski definition) is 3. The molecule has 0 spiro atoms. The van der Waals surface area contributed by atoms with E-state index in [4.69, 9.17) is 5.11 Å². The normalized spacial score (nSPS) is 11.1. The van der Waals surface area contributed by atoms with Crippen molar-refractivity contribution in [1.82, 2.24) is 10.6 Å². The van der Waals surface area contributed by atoms with Crippen molar-refractivity contribution in [3.63, 3.8) is 0 Å². The second-order valence-electron chi connectivity index (χ2n) is 4.80. The molecule has 0 saturated carbocycles. The van der Waals surface area contributed by atoms with E-state index < -0.39 is 5.54 Å². The molecule has 0 bridgehead atoms. The first-order valence-electron chi connectivity index (χ1n) is 5.84. The zero-order chi connectivity index (χ0) is 13.6. The standard InChI is InChI=1S/C13H19FN2O2/c1-13(2,9-17)16-12(18)15-7-6-10-4-3-5-11(14)8-10/h3-5,8,17H,6-7,9H2,1-2H3,(H2,15,16,18). The van der Waals surface area contributed by atoms with Gasteiger partial charge in [-0.15, -0.1) is 0 Å². The van der Waals surface area contributed by atoms with Crippen LogP contribution in [-0.4, -0.2) is 29.8 Å². The smallest absolute Gasteiger partial charge is 0.315 e. The molecule has 0 aromatic heterocycles. The highest BCUT2D eigenvalue weighted by molar-refractivity contribution is 5.74. The van der Waals surface area contributed by atoms with E-state index in [0.717, 1.165) is 5.56 Å². The van der Waals surface area contributed by atoms with E-state index in [1.54, 1.807) is 26.0 Å². The van der Waals surface area contributed by atoms with Gasteiger partial charge in [-0.1, -0.05) is 12.1 Å². The third kappa shape index (κ3) is 5.14. The monoisotopic (exact) mass is 254 g/mol. The topological polar surface area (TPSA) is 61.4 Å². The number of urea groups is 1. The molecule has 5 heteroatoms. The van der Waals surface area contributed by atoms with Crippen molar-refractivity contribution in [3.8, 4) is 0 Å². The number of hydrogen-bond acceptors (Lipinski definition) is 2. The van der Waals surface area contributed by atoms with Crippen molar-refractivity contribution in [2.24, 2.45) is 0 Å². The Kier molecular flexibility index (Phi) is 5.09. The third-order valence-corrected chi connectivity index (χ3v) is 2.44. The number of carbonyl (C=O) groups is 1.